The Hall–Kier alpha value is -0.450. The van der Waals surface area contributed by atoms with Crippen molar-refractivity contribution in [2.24, 2.45) is 0 Å². The first-order chi connectivity index (χ1) is 7.36. The summed E-state index contributed by atoms with van der Waals surface area (Å²) in [5.74, 6) is 0. The van der Waals surface area contributed by atoms with Crippen LogP contribution in [0, 0.1) is 0 Å². The Morgan fingerprint density at radius 3 is 3.07 bits per heavy atom. The molecule has 0 bridgehead atoms. The van der Waals surface area contributed by atoms with Crippen LogP contribution in [0.15, 0.2) is 24.4 Å². The van der Waals surface area contributed by atoms with Crippen molar-refractivity contribution >= 4 is 15.9 Å². The van der Waals surface area contributed by atoms with Gasteiger partial charge in [-0.25, -0.2) is 0 Å². The first-order valence-corrected chi connectivity index (χ1v) is 6.01. The van der Waals surface area contributed by atoms with Gasteiger partial charge in [0.15, 0.2) is 0 Å². The molecule has 1 aromatic rings. The zero-order valence-corrected chi connectivity index (χ0v) is 10.0. The van der Waals surface area contributed by atoms with E-state index in [-0.39, 0.29) is 10.9 Å². The molecule has 2 rings (SSSR count). The van der Waals surface area contributed by atoms with Gasteiger partial charge in [-0.15, -0.1) is 0 Å². The monoisotopic (exact) mass is 271 g/mol. The van der Waals surface area contributed by atoms with Gasteiger partial charge in [-0.05, 0) is 12.1 Å². The van der Waals surface area contributed by atoms with Crippen LogP contribution >= 0.6 is 15.9 Å². The summed E-state index contributed by atoms with van der Waals surface area (Å²) in [6, 6.07) is 5.95. The van der Waals surface area contributed by atoms with Crippen molar-refractivity contribution in [2.45, 2.75) is 17.4 Å². The Balaban J connectivity index is 1.88. The minimum Gasteiger partial charge on any atom is -0.376 e. The minimum absolute atomic E-state index is 0.140. The van der Waals surface area contributed by atoms with E-state index in [9.17, 15) is 0 Å². The van der Waals surface area contributed by atoms with Crippen LogP contribution < -0.4 is 0 Å². The Labute approximate surface area is 97.9 Å². The van der Waals surface area contributed by atoms with Crippen molar-refractivity contribution < 1.29 is 9.47 Å². The molecule has 0 aromatic carbocycles. The summed E-state index contributed by atoms with van der Waals surface area (Å²) in [5.41, 5.74) is 1.08. The maximum atomic E-state index is 5.61. The van der Waals surface area contributed by atoms with Crippen LogP contribution in [0.5, 0.6) is 0 Å². The minimum atomic E-state index is 0.140. The molecule has 1 aliphatic rings. The van der Waals surface area contributed by atoms with E-state index >= 15 is 0 Å². The van der Waals surface area contributed by atoms with Gasteiger partial charge in [0.25, 0.3) is 0 Å². The molecular formula is C11H14BrNO2. The third-order valence-electron chi connectivity index (χ3n) is 2.38. The molecule has 0 N–H and O–H groups in total. The van der Waals surface area contributed by atoms with E-state index in [1.807, 2.05) is 24.4 Å². The molecule has 0 saturated carbocycles. The highest BCUT2D eigenvalue weighted by Crippen LogP contribution is 2.17. The molecule has 1 saturated heterocycles. The SMILES string of the molecule is BrC(Cc1ccccn1)C1COCCO1. The largest absolute Gasteiger partial charge is 0.376 e. The quantitative estimate of drug-likeness (QED) is 0.786. The molecule has 15 heavy (non-hydrogen) atoms. The van der Waals surface area contributed by atoms with Gasteiger partial charge in [0.1, 0.15) is 0 Å². The van der Waals surface area contributed by atoms with Crippen molar-refractivity contribution in [1.29, 1.82) is 0 Å². The number of hydrogen-bond acceptors (Lipinski definition) is 3. The summed E-state index contributed by atoms with van der Waals surface area (Å²) in [4.78, 5) is 4.56. The number of nitrogens with zero attached hydrogens (tertiary/aromatic N) is 1. The van der Waals surface area contributed by atoms with E-state index in [4.69, 9.17) is 9.47 Å². The molecule has 1 fully saturated rings. The van der Waals surface area contributed by atoms with Gasteiger partial charge < -0.3 is 9.47 Å². The van der Waals surface area contributed by atoms with Crippen LogP contribution in [0.1, 0.15) is 5.69 Å². The van der Waals surface area contributed by atoms with Gasteiger partial charge in [-0.3, -0.25) is 4.98 Å². The molecule has 0 radical (unpaired) electrons. The van der Waals surface area contributed by atoms with Gasteiger partial charge in [0.05, 0.1) is 25.9 Å². The summed E-state index contributed by atoms with van der Waals surface area (Å²) in [7, 11) is 0. The summed E-state index contributed by atoms with van der Waals surface area (Å²) < 4.78 is 11.0. The van der Waals surface area contributed by atoms with Crippen molar-refractivity contribution in [3.63, 3.8) is 0 Å². The van der Waals surface area contributed by atoms with Crippen LogP contribution in [0.25, 0.3) is 0 Å². The number of alkyl halides is 1. The average Bonchev–Trinajstić information content (AvgIpc) is 2.31. The summed E-state index contributed by atoms with van der Waals surface area (Å²) in [6.07, 6.45) is 2.82. The van der Waals surface area contributed by atoms with E-state index in [0.717, 1.165) is 12.1 Å². The van der Waals surface area contributed by atoms with Gasteiger partial charge in [-0.2, -0.15) is 0 Å². The highest BCUT2D eigenvalue weighted by molar-refractivity contribution is 9.09. The van der Waals surface area contributed by atoms with E-state index in [2.05, 4.69) is 20.9 Å². The Kier molecular flexibility index (Phi) is 4.11. The smallest absolute Gasteiger partial charge is 0.0938 e. The summed E-state index contributed by atoms with van der Waals surface area (Å²) in [6.45, 7) is 2.07. The lowest BCUT2D eigenvalue weighted by molar-refractivity contribution is -0.0871. The molecule has 2 heterocycles. The third kappa shape index (κ3) is 3.26. The molecule has 0 amide bonds. The van der Waals surface area contributed by atoms with Gasteiger partial charge in [-0.1, -0.05) is 22.0 Å². The Morgan fingerprint density at radius 1 is 1.47 bits per heavy atom. The maximum absolute atomic E-state index is 5.61. The Morgan fingerprint density at radius 2 is 2.40 bits per heavy atom. The predicted molar refractivity (Wildman–Crippen MR) is 61.2 cm³/mol. The zero-order chi connectivity index (χ0) is 10.5. The Bertz CT molecular complexity index is 288. The van der Waals surface area contributed by atoms with Gasteiger partial charge >= 0.3 is 0 Å². The first kappa shape index (κ1) is 11.0. The van der Waals surface area contributed by atoms with Crippen LogP contribution in [0.2, 0.25) is 0 Å². The number of rotatable bonds is 3. The molecule has 0 aliphatic carbocycles. The highest BCUT2D eigenvalue weighted by atomic mass is 79.9. The molecule has 1 aromatic heterocycles. The van der Waals surface area contributed by atoms with Crippen LogP contribution in [0.3, 0.4) is 0 Å². The molecule has 4 heteroatoms. The van der Waals surface area contributed by atoms with E-state index in [1.54, 1.807) is 0 Å². The molecule has 2 atom stereocenters. The van der Waals surface area contributed by atoms with Crippen LogP contribution in [0.4, 0.5) is 0 Å². The van der Waals surface area contributed by atoms with E-state index in [0.29, 0.717) is 19.8 Å². The first-order valence-electron chi connectivity index (χ1n) is 5.09. The highest BCUT2D eigenvalue weighted by Gasteiger charge is 2.23. The van der Waals surface area contributed by atoms with Crippen molar-refractivity contribution in [2.75, 3.05) is 19.8 Å². The van der Waals surface area contributed by atoms with Crippen molar-refractivity contribution in [3.05, 3.63) is 30.1 Å². The lowest BCUT2D eigenvalue weighted by Crippen LogP contribution is -2.36. The maximum Gasteiger partial charge on any atom is 0.0938 e. The topological polar surface area (TPSA) is 31.4 Å². The number of aromatic nitrogens is 1. The summed E-state index contributed by atoms with van der Waals surface area (Å²) >= 11 is 3.63. The van der Waals surface area contributed by atoms with E-state index < -0.39 is 0 Å². The molecule has 3 nitrogen and oxygen atoms in total. The molecule has 82 valence electrons. The van der Waals surface area contributed by atoms with Gasteiger partial charge in [0, 0.05) is 23.1 Å². The van der Waals surface area contributed by atoms with E-state index in [1.165, 1.54) is 0 Å². The number of hydrogen-bond donors (Lipinski definition) is 0. The number of pyridine rings is 1. The van der Waals surface area contributed by atoms with Crippen LogP contribution in [-0.4, -0.2) is 35.7 Å². The normalized spacial score (nSPS) is 23.7. The second kappa shape index (κ2) is 5.58. The molecular weight excluding hydrogens is 258 g/mol. The van der Waals surface area contributed by atoms with Crippen molar-refractivity contribution in [3.8, 4) is 0 Å². The molecule has 0 spiro atoms. The number of ether oxygens (including phenoxy) is 2. The van der Waals surface area contributed by atoms with Gasteiger partial charge in [0.2, 0.25) is 0 Å². The zero-order valence-electron chi connectivity index (χ0n) is 8.43. The molecule has 2 unspecified atom stereocenters. The molecule has 1 aliphatic heterocycles. The van der Waals surface area contributed by atoms with Crippen LogP contribution in [-0.2, 0) is 15.9 Å². The third-order valence-corrected chi connectivity index (χ3v) is 3.29. The second-order valence-electron chi connectivity index (χ2n) is 3.53. The number of halogens is 1. The summed E-state index contributed by atoms with van der Waals surface area (Å²) in [5, 5.41) is 0. The fraction of sp³-hybridized carbons (Fsp3) is 0.545. The fourth-order valence-corrected chi connectivity index (χ4v) is 2.20. The fourth-order valence-electron chi connectivity index (χ4n) is 1.56. The average molecular weight is 272 g/mol. The standard InChI is InChI=1S/C11H14BrNO2/c12-10(11-8-14-5-6-15-11)7-9-3-1-2-4-13-9/h1-4,10-11H,5-8H2. The predicted octanol–water partition coefficient (Wildman–Crippen LogP) is 1.80. The lowest BCUT2D eigenvalue weighted by atomic mass is 10.1. The lowest BCUT2D eigenvalue weighted by Gasteiger charge is -2.26. The second-order valence-corrected chi connectivity index (χ2v) is 4.70. The van der Waals surface area contributed by atoms with Crippen molar-refractivity contribution in [1.82, 2.24) is 4.98 Å².